The molecule has 7 heteroatoms. The lowest BCUT2D eigenvalue weighted by atomic mass is 10.3. The van der Waals surface area contributed by atoms with Crippen molar-refractivity contribution in [1.82, 2.24) is 15.5 Å². The summed E-state index contributed by atoms with van der Waals surface area (Å²) in [6.07, 6.45) is 3.77. The summed E-state index contributed by atoms with van der Waals surface area (Å²) in [4.78, 5) is 9.36. The Hall–Kier alpha value is -1.31. The van der Waals surface area contributed by atoms with Gasteiger partial charge in [-0.3, -0.25) is 9.89 Å². The Morgan fingerprint density at radius 3 is 2.70 bits per heavy atom. The molecule has 0 spiro atoms. The van der Waals surface area contributed by atoms with E-state index in [2.05, 4.69) is 65.6 Å². The fourth-order valence-electron chi connectivity index (χ4n) is 3.60. The van der Waals surface area contributed by atoms with Gasteiger partial charge in [0.05, 0.1) is 6.61 Å². The van der Waals surface area contributed by atoms with E-state index in [1.165, 1.54) is 18.5 Å². The minimum Gasteiger partial charge on any atom is -0.383 e. The molecule has 1 aromatic rings. The van der Waals surface area contributed by atoms with Crippen LogP contribution >= 0.6 is 15.9 Å². The lowest BCUT2D eigenvalue weighted by Gasteiger charge is -2.23. The Bertz CT molecular complexity index is 605. The van der Waals surface area contributed by atoms with Crippen LogP contribution in [0.4, 0.5) is 5.69 Å². The maximum absolute atomic E-state index is 5.24. The third-order valence-electron chi connectivity index (χ3n) is 5.28. The largest absolute Gasteiger partial charge is 0.383 e. The van der Waals surface area contributed by atoms with Crippen LogP contribution < -0.4 is 15.5 Å². The van der Waals surface area contributed by atoms with Crippen LogP contribution in [-0.2, 0) is 4.74 Å². The first-order chi connectivity index (χ1) is 13.2. The second-order valence-corrected chi connectivity index (χ2v) is 8.23. The molecule has 2 N–H and O–H groups in total. The fourth-order valence-corrected chi connectivity index (χ4v) is 3.86. The maximum Gasteiger partial charge on any atom is 0.191 e. The van der Waals surface area contributed by atoms with Gasteiger partial charge in [0.15, 0.2) is 5.96 Å². The second-order valence-electron chi connectivity index (χ2n) is 7.31. The molecule has 1 aromatic carbocycles. The summed E-state index contributed by atoms with van der Waals surface area (Å²) < 4.78 is 6.36. The average Bonchev–Trinajstić information content (AvgIpc) is 3.42. The van der Waals surface area contributed by atoms with E-state index in [1.807, 2.05) is 7.05 Å². The zero-order valence-corrected chi connectivity index (χ0v) is 18.0. The van der Waals surface area contributed by atoms with Gasteiger partial charge in [0.2, 0.25) is 0 Å². The molecule has 1 atom stereocenters. The van der Waals surface area contributed by atoms with Gasteiger partial charge in [-0.05, 0) is 43.5 Å². The van der Waals surface area contributed by atoms with Crippen molar-refractivity contribution in [2.45, 2.75) is 31.3 Å². The number of aliphatic imine (C=N–C) groups is 1. The number of benzene rings is 1. The highest BCUT2D eigenvalue weighted by Gasteiger charge is 2.28. The standard InChI is InChI=1S/C20H32BrN5O/c1-22-20(23-10-12-25(13-14-27-2)18-7-8-18)24-17-9-11-26(15-17)19-5-3-16(21)4-6-19/h3-6,17-18H,7-15H2,1-2H3,(H2,22,23,24). The van der Waals surface area contributed by atoms with Gasteiger partial charge in [-0.1, -0.05) is 15.9 Å². The van der Waals surface area contributed by atoms with Crippen LogP contribution in [-0.4, -0.2) is 76.4 Å². The van der Waals surface area contributed by atoms with Crippen LogP contribution in [0.3, 0.4) is 0 Å². The highest BCUT2D eigenvalue weighted by atomic mass is 79.9. The molecule has 0 aromatic heterocycles. The normalized spacial score (nSPS) is 20.4. The summed E-state index contributed by atoms with van der Waals surface area (Å²) in [6.45, 7) is 5.83. The Balaban J connectivity index is 1.40. The molecule has 0 bridgehead atoms. The van der Waals surface area contributed by atoms with Gasteiger partial charge in [0, 0.05) is 69.1 Å². The first-order valence-electron chi connectivity index (χ1n) is 9.90. The van der Waals surface area contributed by atoms with E-state index in [-0.39, 0.29) is 0 Å². The van der Waals surface area contributed by atoms with Crippen LogP contribution in [0.25, 0.3) is 0 Å². The first-order valence-corrected chi connectivity index (χ1v) is 10.7. The summed E-state index contributed by atoms with van der Waals surface area (Å²) in [7, 11) is 3.62. The van der Waals surface area contributed by atoms with Crippen molar-refractivity contribution in [3.8, 4) is 0 Å². The van der Waals surface area contributed by atoms with E-state index in [4.69, 9.17) is 4.74 Å². The molecule has 1 saturated heterocycles. The Labute approximate surface area is 171 Å². The van der Waals surface area contributed by atoms with Gasteiger partial charge in [-0.25, -0.2) is 0 Å². The molecule has 2 aliphatic rings. The van der Waals surface area contributed by atoms with Crippen LogP contribution in [0.1, 0.15) is 19.3 Å². The Morgan fingerprint density at radius 2 is 2.04 bits per heavy atom. The Kier molecular flexibility index (Phi) is 7.79. The molecule has 150 valence electrons. The summed E-state index contributed by atoms with van der Waals surface area (Å²) in [5.74, 6) is 0.903. The van der Waals surface area contributed by atoms with Crippen LogP contribution in [0.5, 0.6) is 0 Å². The molecule has 6 nitrogen and oxygen atoms in total. The topological polar surface area (TPSA) is 52.1 Å². The van der Waals surface area contributed by atoms with Gasteiger partial charge in [-0.15, -0.1) is 0 Å². The summed E-state index contributed by atoms with van der Waals surface area (Å²) in [6, 6.07) is 9.73. The molecule has 3 rings (SSSR count). The lowest BCUT2D eigenvalue weighted by Crippen LogP contribution is -2.47. The number of halogens is 1. The number of nitrogens with one attached hydrogen (secondary N) is 2. The monoisotopic (exact) mass is 437 g/mol. The zero-order valence-electron chi connectivity index (χ0n) is 16.5. The molecule has 1 heterocycles. The number of hydrogen-bond acceptors (Lipinski definition) is 4. The van der Waals surface area contributed by atoms with Crippen molar-refractivity contribution in [2.24, 2.45) is 4.99 Å². The number of rotatable bonds is 9. The van der Waals surface area contributed by atoms with Crippen molar-refractivity contribution in [3.63, 3.8) is 0 Å². The highest BCUT2D eigenvalue weighted by Crippen LogP contribution is 2.26. The van der Waals surface area contributed by atoms with Crippen LogP contribution in [0, 0.1) is 0 Å². The summed E-state index contributed by atoms with van der Waals surface area (Å²) >= 11 is 3.50. The number of hydrogen-bond donors (Lipinski definition) is 2. The second kappa shape index (κ2) is 10.3. The van der Waals surface area contributed by atoms with Crippen molar-refractivity contribution in [3.05, 3.63) is 28.7 Å². The molecule has 1 aliphatic carbocycles. The Morgan fingerprint density at radius 1 is 1.26 bits per heavy atom. The van der Waals surface area contributed by atoms with Crippen molar-refractivity contribution < 1.29 is 4.74 Å². The molecule has 27 heavy (non-hydrogen) atoms. The SMILES string of the molecule is CN=C(NCCN(CCOC)C1CC1)NC1CCN(c2ccc(Br)cc2)C1. The van der Waals surface area contributed by atoms with E-state index in [0.29, 0.717) is 6.04 Å². The number of guanidine groups is 1. The minimum absolute atomic E-state index is 0.424. The zero-order chi connectivity index (χ0) is 19.1. The summed E-state index contributed by atoms with van der Waals surface area (Å²) in [5, 5.41) is 7.06. The van der Waals surface area contributed by atoms with Gasteiger partial charge >= 0.3 is 0 Å². The van der Waals surface area contributed by atoms with Gasteiger partial charge in [0.25, 0.3) is 0 Å². The maximum atomic E-state index is 5.24. The lowest BCUT2D eigenvalue weighted by molar-refractivity contribution is 0.144. The smallest absolute Gasteiger partial charge is 0.191 e. The number of ether oxygens (including phenoxy) is 1. The molecule has 1 unspecified atom stereocenters. The van der Waals surface area contributed by atoms with Crippen molar-refractivity contribution >= 4 is 27.6 Å². The third-order valence-corrected chi connectivity index (χ3v) is 5.81. The first kappa shape index (κ1) is 20.4. The predicted octanol–water partition coefficient (Wildman–Crippen LogP) is 2.30. The fraction of sp³-hybridized carbons (Fsp3) is 0.650. The van der Waals surface area contributed by atoms with Crippen molar-refractivity contribution in [2.75, 3.05) is 58.4 Å². The van der Waals surface area contributed by atoms with E-state index < -0.39 is 0 Å². The molecule has 0 amide bonds. The van der Waals surface area contributed by atoms with Gasteiger partial charge in [0.1, 0.15) is 0 Å². The average molecular weight is 438 g/mol. The van der Waals surface area contributed by atoms with Crippen molar-refractivity contribution in [1.29, 1.82) is 0 Å². The number of anilines is 1. The van der Waals surface area contributed by atoms with E-state index >= 15 is 0 Å². The highest BCUT2D eigenvalue weighted by molar-refractivity contribution is 9.10. The van der Waals surface area contributed by atoms with Crippen LogP contribution in [0.2, 0.25) is 0 Å². The molecule has 0 radical (unpaired) electrons. The molecule has 1 saturated carbocycles. The number of nitrogens with zero attached hydrogens (tertiary/aromatic N) is 3. The van der Waals surface area contributed by atoms with Gasteiger partial charge < -0.3 is 20.3 Å². The van der Waals surface area contributed by atoms with Gasteiger partial charge in [-0.2, -0.15) is 0 Å². The molecule has 1 aliphatic heterocycles. The van der Waals surface area contributed by atoms with E-state index in [0.717, 1.165) is 62.2 Å². The van der Waals surface area contributed by atoms with Crippen LogP contribution in [0.15, 0.2) is 33.7 Å². The number of methoxy groups -OCH3 is 1. The molecular formula is C20H32BrN5O. The summed E-state index contributed by atoms with van der Waals surface area (Å²) in [5.41, 5.74) is 1.28. The molecule has 2 fully saturated rings. The predicted molar refractivity (Wildman–Crippen MR) is 116 cm³/mol. The quantitative estimate of drug-likeness (QED) is 0.458. The third kappa shape index (κ3) is 6.36. The van der Waals surface area contributed by atoms with E-state index in [1.54, 1.807) is 7.11 Å². The minimum atomic E-state index is 0.424. The van der Waals surface area contributed by atoms with E-state index in [9.17, 15) is 0 Å². The molecular weight excluding hydrogens is 406 g/mol.